The molecule has 0 unspecified atom stereocenters. The van der Waals surface area contributed by atoms with Crippen molar-refractivity contribution in [3.8, 4) is 23.1 Å². The van der Waals surface area contributed by atoms with Gasteiger partial charge >= 0.3 is 12.2 Å². The van der Waals surface area contributed by atoms with Gasteiger partial charge in [-0.25, -0.2) is 19.6 Å². The number of aromatic nitrogens is 4. The highest BCUT2D eigenvalue weighted by Crippen LogP contribution is 2.39. The SMILES string of the molecule is COC(=O)N[C@H](C(=O)N1CCC[C@H]1c1ncc(-c2ccc(C#Cc3ccc4nc([C@]5(C)CCCN5C(=O)[C@@H](NC(=O)OC)C(C)C)[nH]c4c3)cc2)[nH]1)C(C)C.S.S.S.S. The number of methoxy groups -OCH3 is 2. The highest BCUT2D eigenvalue weighted by molar-refractivity contribution is 7.59. The average molecular weight is 887 g/mol. The molecule has 4 amide bonds. The number of fused-ring (bicyclic) bond motifs is 1. The zero-order valence-corrected chi connectivity index (χ0v) is 38.5. The predicted octanol–water partition coefficient (Wildman–Crippen LogP) is 6.07. The number of imidazole rings is 2. The van der Waals surface area contributed by atoms with E-state index in [0.29, 0.717) is 24.7 Å². The van der Waals surface area contributed by atoms with Gasteiger partial charge in [-0.15, -0.1) is 0 Å². The summed E-state index contributed by atoms with van der Waals surface area (Å²) in [4.78, 5) is 71.2. The molecule has 4 N–H and O–H groups in total. The van der Waals surface area contributed by atoms with Gasteiger partial charge in [-0.3, -0.25) is 9.59 Å². The topological polar surface area (TPSA) is 175 Å². The van der Waals surface area contributed by atoms with Gasteiger partial charge in [-0.1, -0.05) is 51.7 Å². The van der Waals surface area contributed by atoms with Crippen LogP contribution in [0, 0.1) is 23.7 Å². The van der Waals surface area contributed by atoms with Crippen molar-refractivity contribution in [2.75, 3.05) is 27.3 Å². The Kier molecular flexibility index (Phi) is 18.7. The lowest BCUT2D eigenvalue weighted by molar-refractivity contribution is -0.138. The summed E-state index contributed by atoms with van der Waals surface area (Å²) in [5.74, 6) is 7.37. The monoisotopic (exact) mass is 886 g/mol. The summed E-state index contributed by atoms with van der Waals surface area (Å²) in [6.07, 6.45) is 3.67. The van der Waals surface area contributed by atoms with Crippen molar-refractivity contribution in [1.82, 2.24) is 40.4 Å². The number of nitrogens with zero attached hydrogens (tertiary/aromatic N) is 4. The van der Waals surface area contributed by atoms with Crippen LogP contribution in [0.25, 0.3) is 22.3 Å². The summed E-state index contributed by atoms with van der Waals surface area (Å²) in [6.45, 7) is 10.7. The molecule has 59 heavy (non-hydrogen) atoms. The molecule has 0 spiro atoms. The molecule has 2 aromatic carbocycles. The van der Waals surface area contributed by atoms with Crippen LogP contribution in [0.5, 0.6) is 0 Å². The Morgan fingerprint density at radius 2 is 1.41 bits per heavy atom. The number of hydrogen-bond donors (Lipinski definition) is 4. The van der Waals surface area contributed by atoms with Gasteiger partial charge in [0, 0.05) is 24.2 Å². The molecule has 2 aromatic heterocycles. The quantitative estimate of drug-likeness (QED) is 0.147. The van der Waals surface area contributed by atoms with E-state index in [9.17, 15) is 19.2 Å². The van der Waals surface area contributed by atoms with Crippen LogP contribution in [0.15, 0.2) is 48.7 Å². The van der Waals surface area contributed by atoms with Gasteiger partial charge in [0.05, 0.1) is 48.7 Å². The van der Waals surface area contributed by atoms with Crippen molar-refractivity contribution in [3.05, 3.63) is 71.4 Å². The molecule has 2 saturated heterocycles. The third-order valence-electron chi connectivity index (χ3n) is 10.7. The molecule has 0 bridgehead atoms. The lowest BCUT2D eigenvalue weighted by Crippen LogP contribution is -2.55. The molecule has 2 aliphatic rings. The minimum absolute atomic E-state index is 0. The zero-order valence-electron chi connectivity index (χ0n) is 34.5. The number of ether oxygens (including phenoxy) is 2. The van der Waals surface area contributed by atoms with Crippen molar-refractivity contribution in [1.29, 1.82) is 0 Å². The van der Waals surface area contributed by atoms with E-state index < -0.39 is 29.8 Å². The van der Waals surface area contributed by atoms with E-state index in [0.717, 1.165) is 59.1 Å². The second-order valence-corrected chi connectivity index (χ2v) is 15.1. The summed E-state index contributed by atoms with van der Waals surface area (Å²) < 4.78 is 9.52. The molecule has 0 radical (unpaired) electrons. The van der Waals surface area contributed by atoms with Crippen LogP contribution in [-0.2, 0) is 24.6 Å². The van der Waals surface area contributed by atoms with Crippen molar-refractivity contribution >= 4 is 89.0 Å². The normalized spacial score (nSPS) is 17.9. The van der Waals surface area contributed by atoms with Crippen molar-refractivity contribution < 1.29 is 28.7 Å². The fourth-order valence-electron chi connectivity index (χ4n) is 7.50. The number of carbonyl (C=O) groups is 4. The smallest absolute Gasteiger partial charge is 0.407 e. The summed E-state index contributed by atoms with van der Waals surface area (Å²) in [7, 11) is 2.57. The van der Waals surface area contributed by atoms with E-state index in [1.807, 2.05) is 82.0 Å². The van der Waals surface area contributed by atoms with Gasteiger partial charge in [-0.2, -0.15) is 54.0 Å². The van der Waals surface area contributed by atoms with Gasteiger partial charge < -0.3 is 39.9 Å². The minimum Gasteiger partial charge on any atom is -0.453 e. The Bertz CT molecular complexity index is 2130. The van der Waals surface area contributed by atoms with Crippen LogP contribution >= 0.6 is 54.0 Å². The highest BCUT2D eigenvalue weighted by atomic mass is 32.1. The van der Waals surface area contributed by atoms with E-state index in [4.69, 9.17) is 14.5 Å². The van der Waals surface area contributed by atoms with Crippen LogP contribution in [0.4, 0.5) is 9.59 Å². The number of carbonyl (C=O) groups excluding carboxylic acids is 4. The number of benzene rings is 2. The first-order valence-electron chi connectivity index (χ1n) is 18.8. The number of rotatable bonds is 9. The van der Waals surface area contributed by atoms with E-state index in [2.05, 4.69) is 37.4 Å². The predicted molar refractivity (Wildman–Crippen MR) is 248 cm³/mol. The largest absolute Gasteiger partial charge is 0.453 e. The van der Waals surface area contributed by atoms with Crippen LogP contribution in [-0.4, -0.2) is 93.1 Å². The maximum atomic E-state index is 13.7. The second-order valence-electron chi connectivity index (χ2n) is 15.1. The number of hydrogen-bond acceptors (Lipinski definition) is 8. The molecule has 4 heterocycles. The first kappa shape index (κ1) is 50.7. The number of aromatic amines is 2. The molecular weight excluding hydrogens is 829 g/mol. The highest BCUT2D eigenvalue weighted by Gasteiger charge is 2.46. The lowest BCUT2D eigenvalue weighted by Gasteiger charge is -2.37. The Labute approximate surface area is 373 Å². The molecular formula is C41H58N8O6S4. The van der Waals surface area contributed by atoms with Crippen LogP contribution in [0.1, 0.15) is 89.1 Å². The zero-order chi connectivity index (χ0) is 39.4. The molecule has 0 saturated carbocycles. The number of nitrogens with one attached hydrogen (secondary N) is 4. The first-order chi connectivity index (χ1) is 26.3. The van der Waals surface area contributed by atoms with Crippen molar-refractivity contribution in [3.63, 3.8) is 0 Å². The van der Waals surface area contributed by atoms with E-state index >= 15 is 0 Å². The van der Waals surface area contributed by atoms with Crippen LogP contribution in [0.3, 0.4) is 0 Å². The summed E-state index contributed by atoms with van der Waals surface area (Å²) in [5.41, 5.74) is 4.35. The van der Waals surface area contributed by atoms with Gasteiger partial charge in [0.1, 0.15) is 23.7 Å². The molecule has 2 aliphatic heterocycles. The molecule has 14 nitrogen and oxygen atoms in total. The molecule has 4 atom stereocenters. The minimum atomic E-state index is -0.718. The van der Waals surface area contributed by atoms with Gasteiger partial charge in [0.15, 0.2) is 0 Å². The Morgan fingerprint density at radius 1 is 0.814 bits per heavy atom. The molecule has 6 rings (SSSR count). The fourth-order valence-corrected chi connectivity index (χ4v) is 7.50. The summed E-state index contributed by atoms with van der Waals surface area (Å²) in [5, 5.41) is 5.39. The molecule has 2 fully saturated rings. The first-order valence-corrected chi connectivity index (χ1v) is 18.8. The average Bonchev–Trinajstić information content (AvgIpc) is 4.00. The molecule has 18 heteroatoms. The maximum Gasteiger partial charge on any atom is 0.407 e. The van der Waals surface area contributed by atoms with E-state index in [1.54, 1.807) is 11.1 Å². The number of alkyl carbamates (subject to hydrolysis) is 2. The van der Waals surface area contributed by atoms with Gasteiger partial charge in [0.25, 0.3) is 0 Å². The van der Waals surface area contributed by atoms with Gasteiger partial charge in [0.2, 0.25) is 11.8 Å². The fraction of sp³-hybridized carbons (Fsp3) is 0.463. The number of H-pyrrole nitrogens is 2. The third kappa shape index (κ3) is 11.0. The maximum absolute atomic E-state index is 13.7. The standard InChI is InChI=1S/C41H50N8O6.4H2S/c1-24(2)33(46-39(52)54-6)36(50)48-20-8-10-32(48)35-42-23-31(43-35)28-16-13-26(14-17-28)11-12-27-15-18-29-30(22-27)45-38(44-29)41(5)19-9-21-49(41)37(51)34(25(3)4)47-40(53)55-7;;;;/h13-18,22-25,32-34H,8-10,19-21H2,1-7H3,(H,42,43)(H,44,45)(H,46,52)(H,47,53);4*1H2/t32-,33-,34-,41-;;;;/m0..../s1. The van der Waals surface area contributed by atoms with Crippen molar-refractivity contribution in [2.24, 2.45) is 11.8 Å². The lowest BCUT2D eigenvalue weighted by atomic mass is 9.95. The Morgan fingerprint density at radius 3 is 2.02 bits per heavy atom. The number of amides is 4. The van der Waals surface area contributed by atoms with Gasteiger partial charge in [-0.05, 0) is 80.3 Å². The third-order valence-corrected chi connectivity index (χ3v) is 10.7. The molecule has 4 aromatic rings. The van der Waals surface area contributed by atoms with Crippen LogP contribution < -0.4 is 10.6 Å². The van der Waals surface area contributed by atoms with E-state index in [-0.39, 0.29) is 83.7 Å². The summed E-state index contributed by atoms with van der Waals surface area (Å²) >= 11 is 0. The second kappa shape index (κ2) is 21.7. The number of likely N-dealkylation sites (tertiary alicyclic amines) is 2. The van der Waals surface area contributed by atoms with Crippen molar-refractivity contribution in [2.45, 2.75) is 84.0 Å². The van der Waals surface area contributed by atoms with Crippen LogP contribution in [0.2, 0.25) is 0 Å². The Balaban J connectivity index is 0.00000300. The Hall–Kier alpha value is -4.44. The summed E-state index contributed by atoms with van der Waals surface area (Å²) in [6, 6.07) is 12.1. The molecule has 0 aliphatic carbocycles. The molecule has 322 valence electrons. The van der Waals surface area contributed by atoms with E-state index in [1.165, 1.54) is 14.2 Å².